The zero-order chi connectivity index (χ0) is 9.00. The van der Waals surface area contributed by atoms with E-state index < -0.39 is 0 Å². The Balaban J connectivity index is 2.22. The molecular weight excluding hydrogens is 156 g/mol. The van der Waals surface area contributed by atoms with Crippen molar-refractivity contribution in [3.8, 4) is 0 Å². The Morgan fingerprint density at radius 1 is 0.923 bits per heavy atom. The Labute approximate surface area is 80.0 Å². The van der Waals surface area contributed by atoms with E-state index in [0.29, 0.717) is 0 Å². The van der Waals surface area contributed by atoms with Crippen LogP contribution in [0.2, 0.25) is 0 Å². The predicted octanol–water partition coefficient (Wildman–Crippen LogP) is 3.67. The minimum atomic E-state index is 0.916. The summed E-state index contributed by atoms with van der Waals surface area (Å²) >= 11 is 0. The maximum atomic E-state index is 2.44. The van der Waals surface area contributed by atoms with Crippen molar-refractivity contribution in [2.75, 3.05) is 0 Å². The van der Waals surface area contributed by atoms with Crippen LogP contribution < -0.4 is 0 Å². The van der Waals surface area contributed by atoms with E-state index in [2.05, 4.69) is 26.0 Å². The van der Waals surface area contributed by atoms with Crippen molar-refractivity contribution in [1.82, 2.24) is 0 Å². The van der Waals surface area contributed by atoms with Crippen LogP contribution in [0, 0.1) is 13.8 Å². The number of hydrogen-bond acceptors (Lipinski definition) is 0. The fraction of sp³-hybridized carbons (Fsp3) is 0.538. The first-order chi connectivity index (χ1) is 6.25. The molecule has 13 heavy (non-hydrogen) atoms. The summed E-state index contributed by atoms with van der Waals surface area (Å²) in [6.07, 6.45) is 4.33. The molecule has 1 saturated carbocycles. The number of hydrogen-bond donors (Lipinski definition) is 0. The van der Waals surface area contributed by atoms with Crippen LogP contribution in [0.3, 0.4) is 0 Å². The van der Waals surface area contributed by atoms with Crippen molar-refractivity contribution in [1.29, 1.82) is 0 Å². The molecule has 2 bridgehead atoms. The maximum absolute atomic E-state index is 2.44. The highest BCUT2D eigenvalue weighted by molar-refractivity contribution is 5.46. The van der Waals surface area contributed by atoms with Crippen LogP contribution in [-0.4, -0.2) is 0 Å². The van der Waals surface area contributed by atoms with E-state index in [-0.39, 0.29) is 0 Å². The summed E-state index contributed by atoms with van der Waals surface area (Å²) in [6.45, 7) is 4.48. The molecule has 0 amide bonds. The quantitative estimate of drug-likeness (QED) is 0.560. The van der Waals surface area contributed by atoms with Gasteiger partial charge in [-0.05, 0) is 67.2 Å². The van der Waals surface area contributed by atoms with Gasteiger partial charge < -0.3 is 0 Å². The molecule has 0 heterocycles. The first-order valence-corrected chi connectivity index (χ1v) is 5.37. The third-order valence-electron chi connectivity index (χ3n) is 4.01. The molecule has 3 rings (SSSR count). The molecule has 0 spiro atoms. The summed E-state index contributed by atoms with van der Waals surface area (Å²) in [6, 6.07) is 4.88. The highest BCUT2D eigenvalue weighted by Gasteiger charge is 2.36. The second-order valence-electron chi connectivity index (χ2n) is 4.77. The number of aryl methyl sites for hydroxylation is 2. The molecule has 2 unspecified atom stereocenters. The Bertz CT molecular complexity index is 328. The monoisotopic (exact) mass is 172 g/mol. The number of rotatable bonds is 0. The van der Waals surface area contributed by atoms with Crippen LogP contribution in [0.25, 0.3) is 0 Å². The van der Waals surface area contributed by atoms with Gasteiger partial charge in [0, 0.05) is 0 Å². The Hall–Kier alpha value is -0.780. The van der Waals surface area contributed by atoms with Gasteiger partial charge in [-0.2, -0.15) is 0 Å². The molecule has 2 aliphatic rings. The molecule has 0 aromatic heterocycles. The van der Waals surface area contributed by atoms with Gasteiger partial charge in [0.15, 0.2) is 0 Å². The summed E-state index contributed by atoms with van der Waals surface area (Å²) in [5, 5.41) is 0. The zero-order valence-electron chi connectivity index (χ0n) is 8.43. The molecule has 2 atom stereocenters. The van der Waals surface area contributed by atoms with Crippen LogP contribution in [-0.2, 0) is 0 Å². The summed E-state index contributed by atoms with van der Waals surface area (Å²) in [7, 11) is 0. The van der Waals surface area contributed by atoms with Gasteiger partial charge in [0.1, 0.15) is 0 Å². The third kappa shape index (κ3) is 0.919. The van der Waals surface area contributed by atoms with Crippen molar-refractivity contribution < 1.29 is 0 Å². The zero-order valence-corrected chi connectivity index (χ0v) is 8.43. The summed E-state index contributed by atoms with van der Waals surface area (Å²) in [4.78, 5) is 0. The van der Waals surface area contributed by atoms with Crippen LogP contribution in [0.5, 0.6) is 0 Å². The Morgan fingerprint density at radius 3 is 1.85 bits per heavy atom. The summed E-state index contributed by atoms with van der Waals surface area (Å²) in [5.41, 5.74) is 6.32. The fourth-order valence-corrected chi connectivity index (χ4v) is 3.11. The molecule has 1 aromatic rings. The molecule has 68 valence electrons. The van der Waals surface area contributed by atoms with E-state index in [0.717, 1.165) is 11.8 Å². The van der Waals surface area contributed by atoms with Crippen molar-refractivity contribution in [3.05, 3.63) is 34.4 Å². The van der Waals surface area contributed by atoms with Crippen molar-refractivity contribution in [2.45, 2.75) is 44.9 Å². The molecule has 2 aliphatic carbocycles. The largest absolute Gasteiger partial charge is 0.0553 e. The summed E-state index contributed by atoms with van der Waals surface area (Å²) < 4.78 is 0. The van der Waals surface area contributed by atoms with Gasteiger partial charge in [-0.1, -0.05) is 12.1 Å². The average Bonchev–Trinajstić information content (AvgIpc) is 2.67. The Morgan fingerprint density at radius 2 is 1.38 bits per heavy atom. The lowest BCUT2D eigenvalue weighted by atomic mass is 9.89. The van der Waals surface area contributed by atoms with E-state index in [9.17, 15) is 0 Å². The van der Waals surface area contributed by atoms with E-state index in [4.69, 9.17) is 0 Å². The second kappa shape index (κ2) is 2.37. The van der Waals surface area contributed by atoms with Gasteiger partial charge in [-0.25, -0.2) is 0 Å². The standard InChI is InChI=1S/C13H16/c1-8-5-12-10-3-4-11(7-10)13(12)6-9(8)2/h5-6,10-11H,3-4,7H2,1-2H3. The normalized spacial score (nSPS) is 29.4. The average molecular weight is 172 g/mol. The van der Waals surface area contributed by atoms with Crippen LogP contribution >= 0.6 is 0 Å². The van der Waals surface area contributed by atoms with Crippen LogP contribution in [0.1, 0.15) is 53.4 Å². The van der Waals surface area contributed by atoms with E-state index >= 15 is 0 Å². The molecule has 0 aliphatic heterocycles. The third-order valence-corrected chi connectivity index (χ3v) is 4.01. The lowest BCUT2D eigenvalue weighted by Gasteiger charge is -2.16. The second-order valence-corrected chi connectivity index (χ2v) is 4.77. The van der Waals surface area contributed by atoms with Crippen molar-refractivity contribution in [3.63, 3.8) is 0 Å². The molecule has 0 radical (unpaired) electrons. The highest BCUT2D eigenvalue weighted by Crippen LogP contribution is 2.53. The minimum Gasteiger partial charge on any atom is -0.0553 e. The van der Waals surface area contributed by atoms with Gasteiger partial charge in [0.05, 0.1) is 0 Å². The van der Waals surface area contributed by atoms with Gasteiger partial charge in [-0.15, -0.1) is 0 Å². The lowest BCUT2D eigenvalue weighted by Crippen LogP contribution is -1.99. The molecule has 1 aromatic carbocycles. The number of benzene rings is 1. The minimum absolute atomic E-state index is 0.916. The molecule has 0 saturated heterocycles. The molecular formula is C13H16. The summed E-state index contributed by atoms with van der Waals surface area (Å²) in [5.74, 6) is 1.83. The van der Waals surface area contributed by atoms with Gasteiger partial charge in [-0.3, -0.25) is 0 Å². The van der Waals surface area contributed by atoms with Crippen LogP contribution in [0.15, 0.2) is 12.1 Å². The van der Waals surface area contributed by atoms with E-state index in [1.54, 1.807) is 11.1 Å². The molecule has 0 nitrogen and oxygen atoms in total. The highest BCUT2D eigenvalue weighted by atomic mass is 14.4. The van der Waals surface area contributed by atoms with Gasteiger partial charge in [0.25, 0.3) is 0 Å². The van der Waals surface area contributed by atoms with Crippen molar-refractivity contribution >= 4 is 0 Å². The molecule has 0 N–H and O–H groups in total. The van der Waals surface area contributed by atoms with Gasteiger partial charge >= 0.3 is 0 Å². The van der Waals surface area contributed by atoms with E-state index in [1.165, 1.54) is 30.4 Å². The Kier molecular flexibility index (Phi) is 1.39. The first kappa shape index (κ1) is 7.61. The van der Waals surface area contributed by atoms with Crippen molar-refractivity contribution in [2.24, 2.45) is 0 Å². The SMILES string of the molecule is Cc1cc2c(cc1C)C1CCC2C1. The lowest BCUT2D eigenvalue weighted by molar-refractivity contribution is 0.716. The first-order valence-electron chi connectivity index (χ1n) is 5.37. The topological polar surface area (TPSA) is 0 Å². The van der Waals surface area contributed by atoms with E-state index in [1.807, 2.05) is 0 Å². The molecule has 0 heteroatoms. The smallest absolute Gasteiger partial charge is 0.0153 e. The number of fused-ring (bicyclic) bond motifs is 5. The fourth-order valence-electron chi connectivity index (χ4n) is 3.11. The van der Waals surface area contributed by atoms with Crippen LogP contribution in [0.4, 0.5) is 0 Å². The molecule has 1 fully saturated rings. The van der Waals surface area contributed by atoms with Gasteiger partial charge in [0.2, 0.25) is 0 Å². The predicted molar refractivity (Wildman–Crippen MR) is 55.2 cm³/mol. The maximum Gasteiger partial charge on any atom is -0.0153 e.